The summed E-state index contributed by atoms with van der Waals surface area (Å²) in [6, 6.07) is 0. The second kappa shape index (κ2) is 22.8. The van der Waals surface area contributed by atoms with Crippen molar-refractivity contribution in [3.05, 3.63) is 12.2 Å². The van der Waals surface area contributed by atoms with Gasteiger partial charge in [-0.25, -0.2) is 0 Å². The second-order valence-corrected chi connectivity index (χ2v) is 26.4. The van der Waals surface area contributed by atoms with Crippen LogP contribution in [0.3, 0.4) is 0 Å². The second-order valence-electron chi connectivity index (χ2n) is 26.4. The van der Waals surface area contributed by atoms with E-state index in [2.05, 4.69) is 20.8 Å². The van der Waals surface area contributed by atoms with Crippen LogP contribution >= 0.6 is 0 Å². The van der Waals surface area contributed by atoms with E-state index in [-0.39, 0.29) is 56.1 Å². The van der Waals surface area contributed by atoms with Crippen molar-refractivity contribution >= 4 is 0 Å². The van der Waals surface area contributed by atoms with Crippen LogP contribution in [0.2, 0.25) is 0 Å². The third-order valence-corrected chi connectivity index (χ3v) is 20.8. The largest absolute Gasteiger partial charge is 0.394 e. The van der Waals surface area contributed by atoms with Gasteiger partial charge in [-0.15, -0.1) is 0 Å². The molecule has 23 nitrogen and oxygen atoms in total. The monoisotopic (exact) mass is 1110 g/mol. The van der Waals surface area contributed by atoms with Crippen molar-refractivity contribution in [2.75, 3.05) is 26.4 Å². The molecule has 77 heavy (non-hydrogen) atoms. The number of aliphatic hydroxyl groups is 16. The van der Waals surface area contributed by atoms with E-state index in [1.165, 1.54) is 0 Å². The Labute approximate surface area is 450 Å². The van der Waals surface area contributed by atoms with Gasteiger partial charge in [0.25, 0.3) is 0 Å². The molecule has 0 aromatic heterocycles. The Hall–Kier alpha value is -1.18. The van der Waals surface area contributed by atoms with Gasteiger partial charge in [0.05, 0.1) is 68.1 Å². The zero-order valence-electron chi connectivity index (χ0n) is 45.7. The lowest BCUT2D eigenvalue weighted by atomic mass is 9.35. The topological polar surface area (TPSA) is 388 Å². The highest BCUT2D eigenvalue weighted by molar-refractivity contribution is 5.22. The van der Waals surface area contributed by atoms with E-state index in [0.717, 1.165) is 6.42 Å². The SMILES string of the molecule is CC(C)(O)/C=C/C[C@](C)(O[C@@H]1C[C@H](CO[C@@H]2OC[C@@H](O)[C@H](O)[C@H]2O)[C@@H](O)[C@H](O)[C@H]1O)[C@H]1CC[C@]2(C)C1[C@H](O)CC1[C@@]3(C)C[C@@H](O)[C@H](O[C@@H]4O[C@H](CO)[C@@H](O)[C@H](O)[C@H]4O[C@@H]4O[C@H](CO)[C@@H](O)[C@H](O)[C@H]4O)C(C)(C)C3CC[C@]12C. The van der Waals surface area contributed by atoms with Crippen molar-refractivity contribution in [2.45, 2.75) is 247 Å². The molecule has 3 unspecified atom stereocenters. The molecule has 3 heterocycles. The highest BCUT2D eigenvalue weighted by Gasteiger charge is 2.73. The quantitative estimate of drug-likeness (QED) is 0.0575. The molecule has 0 spiro atoms. The Balaban J connectivity index is 1.03. The molecule has 8 rings (SSSR count). The van der Waals surface area contributed by atoms with Gasteiger partial charge in [0.1, 0.15) is 79.4 Å². The molecule has 16 N–H and O–H groups in total. The first kappa shape index (κ1) is 61.9. The molecule has 5 aliphatic carbocycles. The standard InChI is InChI=1S/C54H92O23/c1-49(2,70)12-9-13-54(8,77-28-16-23(34(60)39(65)36(28)62)21-71-46-42(68)35(61)27(59)22-72-46)24-10-14-53(7)33(24)25(57)17-32-51(5)18-26(58)45(50(3,4)31(51)11-15-52(32,53)6)76-48-44(41(67)38(64)30(20-56)74-48)75-47-43(69)40(66)37(63)29(19-55)73-47/h9,12,23-48,55-70H,10-11,13-22H2,1-8H3/b12-9+/t23-,24+,25-,26-,27-,28-,29-,30-,31?,32?,33?,34-,35+,36+,37-,38-,39+,40+,41+,42-,43-,44-,45+,46-,47+,48+,51+,52-,53-,54+/m1/s1. The molecule has 8 fully saturated rings. The van der Waals surface area contributed by atoms with Crippen LogP contribution < -0.4 is 0 Å². The van der Waals surface area contributed by atoms with Crippen molar-refractivity contribution in [2.24, 2.45) is 51.2 Å². The first-order chi connectivity index (χ1) is 35.8. The summed E-state index contributed by atoms with van der Waals surface area (Å²) in [5.41, 5.74) is -4.70. The van der Waals surface area contributed by atoms with Crippen molar-refractivity contribution < 1.29 is 115 Å². The predicted octanol–water partition coefficient (Wildman–Crippen LogP) is -2.96. The van der Waals surface area contributed by atoms with E-state index < -0.39 is 181 Å². The summed E-state index contributed by atoms with van der Waals surface area (Å²) in [4.78, 5) is 0. The maximum atomic E-state index is 12.9. The highest BCUT2D eigenvalue weighted by Crippen LogP contribution is 2.76. The van der Waals surface area contributed by atoms with E-state index in [0.29, 0.717) is 25.7 Å². The summed E-state index contributed by atoms with van der Waals surface area (Å²) in [6.07, 6.45) is -24.2. The first-order valence-corrected chi connectivity index (χ1v) is 27.8. The van der Waals surface area contributed by atoms with Gasteiger partial charge in [0.15, 0.2) is 18.9 Å². The Morgan fingerprint density at radius 1 is 0.597 bits per heavy atom. The molecule has 0 amide bonds. The summed E-state index contributed by atoms with van der Waals surface area (Å²) in [5.74, 6) is -1.80. The van der Waals surface area contributed by atoms with Crippen LogP contribution in [-0.4, -0.2) is 248 Å². The number of hydrogen-bond donors (Lipinski definition) is 16. The van der Waals surface area contributed by atoms with E-state index in [1.54, 1.807) is 19.9 Å². The van der Waals surface area contributed by atoms with E-state index in [4.69, 9.17) is 33.2 Å². The maximum absolute atomic E-state index is 12.9. The zero-order valence-corrected chi connectivity index (χ0v) is 45.7. The van der Waals surface area contributed by atoms with E-state index in [9.17, 15) is 81.7 Å². The number of aliphatic hydroxyl groups excluding tert-OH is 15. The van der Waals surface area contributed by atoms with Gasteiger partial charge in [-0.2, -0.15) is 0 Å². The van der Waals surface area contributed by atoms with Gasteiger partial charge in [0, 0.05) is 5.92 Å². The molecule has 0 aromatic carbocycles. The van der Waals surface area contributed by atoms with Crippen molar-refractivity contribution in [1.82, 2.24) is 0 Å². The lowest BCUT2D eigenvalue weighted by Gasteiger charge is -2.71. The number of ether oxygens (including phenoxy) is 7. The minimum atomic E-state index is -1.87. The molecule has 0 aromatic rings. The van der Waals surface area contributed by atoms with Crippen LogP contribution in [0.25, 0.3) is 0 Å². The molecule has 0 bridgehead atoms. The Bertz CT molecular complexity index is 2010. The summed E-state index contributed by atoms with van der Waals surface area (Å²) >= 11 is 0. The zero-order chi connectivity index (χ0) is 56.9. The average molecular weight is 1110 g/mol. The first-order valence-electron chi connectivity index (χ1n) is 27.8. The number of fused-ring (bicyclic) bond motifs is 5. The third kappa shape index (κ3) is 11.0. The molecule has 446 valence electrons. The van der Waals surface area contributed by atoms with Crippen molar-refractivity contribution in [1.29, 1.82) is 0 Å². The van der Waals surface area contributed by atoms with Crippen LogP contribution in [-0.2, 0) is 33.2 Å². The van der Waals surface area contributed by atoms with Gasteiger partial charge in [-0.1, -0.05) is 46.8 Å². The molecule has 3 aliphatic heterocycles. The minimum Gasteiger partial charge on any atom is -0.394 e. The number of hydrogen-bond acceptors (Lipinski definition) is 23. The average Bonchev–Trinajstić information content (AvgIpc) is 4.01. The van der Waals surface area contributed by atoms with Crippen LogP contribution in [0.4, 0.5) is 0 Å². The van der Waals surface area contributed by atoms with Crippen LogP contribution in [0, 0.1) is 51.2 Å². The van der Waals surface area contributed by atoms with Crippen LogP contribution in [0.1, 0.15) is 107 Å². The summed E-state index contributed by atoms with van der Waals surface area (Å²) < 4.78 is 42.5. The van der Waals surface area contributed by atoms with Crippen molar-refractivity contribution in [3.63, 3.8) is 0 Å². The molecular weight excluding hydrogens is 1020 g/mol. The summed E-state index contributed by atoms with van der Waals surface area (Å²) in [7, 11) is 0. The molecule has 8 aliphatic rings. The molecule has 5 saturated carbocycles. The van der Waals surface area contributed by atoms with Gasteiger partial charge in [-0.05, 0) is 117 Å². The predicted molar refractivity (Wildman–Crippen MR) is 266 cm³/mol. The number of rotatable bonds is 15. The molecular formula is C54H92O23. The third-order valence-electron chi connectivity index (χ3n) is 20.8. The molecule has 0 radical (unpaired) electrons. The summed E-state index contributed by atoms with van der Waals surface area (Å²) in [6.45, 7) is 13.8. The van der Waals surface area contributed by atoms with Crippen LogP contribution in [0.5, 0.6) is 0 Å². The highest BCUT2D eigenvalue weighted by atomic mass is 16.8. The minimum absolute atomic E-state index is 0.00109. The Morgan fingerprint density at radius 2 is 1.19 bits per heavy atom. The van der Waals surface area contributed by atoms with Gasteiger partial charge in [0.2, 0.25) is 0 Å². The van der Waals surface area contributed by atoms with Gasteiger partial charge >= 0.3 is 0 Å². The smallest absolute Gasteiger partial charge is 0.187 e. The maximum Gasteiger partial charge on any atom is 0.187 e. The van der Waals surface area contributed by atoms with E-state index >= 15 is 0 Å². The lowest BCUT2D eigenvalue weighted by molar-refractivity contribution is -0.383. The Kier molecular flexibility index (Phi) is 18.3. The van der Waals surface area contributed by atoms with Crippen LogP contribution in [0.15, 0.2) is 12.2 Å². The molecule has 3 saturated heterocycles. The van der Waals surface area contributed by atoms with E-state index in [1.807, 2.05) is 26.8 Å². The lowest BCUT2D eigenvalue weighted by Crippen LogP contribution is -2.70. The fraction of sp³-hybridized carbons (Fsp3) is 0.963. The normalized spacial score (nSPS) is 53.1. The summed E-state index contributed by atoms with van der Waals surface area (Å²) in [5, 5.41) is 175. The fourth-order valence-corrected chi connectivity index (χ4v) is 16.5. The van der Waals surface area contributed by atoms with Gasteiger partial charge in [-0.3, -0.25) is 0 Å². The molecule has 30 atom stereocenters. The Morgan fingerprint density at radius 3 is 1.83 bits per heavy atom. The fourth-order valence-electron chi connectivity index (χ4n) is 16.5. The molecule has 23 heteroatoms. The van der Waals surface area contributed by atoms with Gasteiger partial charge < -0.3 is 115 Å². The van der Waals surface area contributed by atoms with Crippen molar-refractivity contribution in [3.8, 4) is 0 Å².